The van der Waals surface area contributed by atoms with Gasteiger partial charge in [-0.1, -0.05) is 65.8 Å². The van der Waals surface area contributed by atoms with Gasteiger partial charge in [-0.15, -0.1) is 0 Å². The largest absolute Gasteiger partial charge is 0.367 e. The number of hydrogen-bond donors (Lipinski definition) is 2. The number of rotatable bonds is 6. The first-order valence-corrected chi connectivity index (χ1v) is 12.4. The lowest BCUT2D eigenvalue weighted by atomic mass is 9.96. The van der Waals surface area contributed by atoms with Crippen molar-refractivity contribution in [1.82, 2.24) is 10.1 Å². The van der Waals surface area contributed by atoms with E-state index < -0.39 is 6.03 Å². The minimum Gasteiger partial charge on any atom is -0.367 e. The first-order chi connectivity index (χ1) is 18.0. The molecule has 4 aromatic rings. The highest BCUT2D eigenvalue weighted by Crippen LogP contribution is 2.31. The number of anilines is 3. The summed E-state index contributed by atoms with van der Waals surface area (Å²) in [6.07, 6.45) is 0. The monoisotopic (exact) mass is 499 g/mol. The summed E-state index contributed by atoms with van der Waals surface area (Å²) in [4.78, 5) is 16.9. The van der Waals surface area contributed by atoms with E-state index in [2.05, 4.69) is 74.1 Å². The third-order valence-corrected chi connectivity index (χ3v) is 6.73. The van der Waals surface area contributed by atoms with Crippen LogP contribution in [0.25, 0.3) is 0 Å². The Kier molecular flexibility index (Phi) is 7.18. The number of hydrogen-bond acceptors (Lipinski definition) is 5. The van der Waals surface area contributed by atoms with E-state index in [4.69, 9.17) is 4.52 Å². The fourth-order valence-electron chi connectivity index (χ4n) is 4.88. The molecule has 3 aromatic carbocycles. The van der Waals surface area contributed by atoms with Crippen LogP contribution in [0.4, 0.5) is 26.2 Å². The van der Waals surface area contributed by atoms with E-state index in [1.54, 1.807) is 26.0 Å². The number of halogens is 1. The Morgan fingerprint density at radius 3 is 2.05 bits per heavy atom. The second-order valence-corrected chi connectivity index (χ2v) is 9.19. The third-order valence-electron chi connectivity index (χ3n) is 6.73. The molecule has 1 aromatic heterocycles. The van der Waals surface area contributed by atoms with Gasteiger partial charge in [0.2, 0.25) is 0 Å². The van der Waals surface area contributed by atoms with E-state index in [1.165, 1.54) is 17.2 Å². The molecular weight excluding hydrogens is 469 g/mol. The molecule has 37 heavy (non-hydrogen) atoms. The van der Waals surface area contributed by atoms with Crippen molar-refractivity contribution in [1.29, 1.82) is 0 Å². The Hall–Kier alpha value is -4.17. The lowest BCUT2D eigenvalue weighted by molar-refractivity contribution is 0.212. The van der Waals surface area contributed by atoms with Crippen LogP contribution >= 0.6 is 0 Å². The molecule has 0 aliphatic carbocycles. The van der Waals surface area contributed by atoms with Gasteiger partial charge in [0, 0.05) is 31.9 Å². The van der Waals surface area contributed by atoms with E-state index in [0.29, 0.717) is 41.6 Å². The summed E-state index contributed by atoms with van der Waals surface area (Å²) >= 11 is 0. The minimum atomic E-state index is -0.483. The maximum atomic E-state index is 15.1. The minimum absolute atomic E-state index is 0.150. The lowest BCUT2D eigenvalue weighted by Gasteiger charge is -2.40. The van der Waals surface area contributed by atoms with Gasteiger partial charge in [0.05, 0.1) is 11.7 Å². The summed E-state index contributed by atoms with van der Waals surface area (Å²) in [6.45, 7) is 6.45. The number of carbonyl (C=O) groups excluding carboxylic acids is 1. The number of piperazine rings is 1. The Morgan fingerprint density at radius 2 is 1.51 bits per heavy atom. The summed E-state index contributed by atoms with van der Waals surface area (Å²) in [5.74, 6) is 0.140. The highest BCUT2D eigenvalue weighted by molar-refractivity contribution is 6.00. The zero-order chi connectivity index (χ0) is 25.8. The van der Waals surface area contributed by atoms with Crippen molar-refractivity contribution in [2.24, 2.45) is 0 Å². The predicted octanol–water partition coefficient (Wildman–Crippen LogP) is 5.99. The lowest BCUT2D eigenvalue weighted by Crippen LogP contribution is -2.48. The SMILES string of the molecule is Cc1noc(C)c1NC(=O)Nc1ccc(N2CCN(C(c3ccccc3)c3ccccc3)CC2)c(F)c1. The van der Waals surface area contributed by atoms with Gasteiger partial charge in [0.1, 0.15) is 17.2 Å². The van der Waals surface area contributed by atoms with Crippen molar-refractivity contribution >= 4 is 23.1 Å². The second-order valence-electron chi connectivity index (χ2n) is 9.19. The molecule has 2 heterocycles. The smallest absolute Gasteiger partial charge is 0.323 e. The van der Waals surface area contributed by atoms with E-state index in [0.717, 1.165) is 13.1 Å². The van der Waals surface area contributed by atoms with Gasteiger partial charge in [-0.2, -0.15) is 0 Å². The molecule has 1 aliphatic rings. The Bertz CT molecular complexity index is 1290. The van der Waals surface area contributed by atoms with Crippen LogP contribution in [-0.2, 0) is 0 Å². The Labute approximate surface area is 215 Å². The van der Waals surface area contributed by atoms with Crippen LogP contribution in [0.5, 0.6) is 0 Å². The van der Waals surface area contributed by atoms with Gasteiger partial charge >= 0.3 is 6.03 Å². The Balaban J connectivity index is 1.24. The number of nitrogens with zero attached hydrogens (tertiary/aromatic N) is 3. The molecule has 0 atom stereocenters. The third kappa shape index (κ3) is 5.49. The predicted molar refractivity (Wildman–Crippen MR) is 144 cm³/mol. The van der Waals surface area contributed by atoms with Crippen LogP contribution in [0.1, 0.15) is 28.6 Å². The molecule has 0 spiro atoms. The highest BCUT2D eigenvalue weighted by Gasteiger charge is 2.27. The normalized spacial score (nSPS) is 14.1. The topological polar surface area (TPSA) is 73.6 Å². The van der Waals surface area contributed by atoms with Crippen molar-refractivity contribution < 1.29 is 13.7 Å². The number of carbonyl (C=O) groups is 1. The fourth-order valence-corrected chi connectivity index (χ4v) is 4.88. The van der Waals surface area contributed by atoms with Gasteiger partial charge in [-0.05, 0) is 43.2 Å². The van der Waals surface area contributed by atoms with Crippen LogP contribution in [0.15, 0.2) is 83.4 Å². The maximum Gasteiger partial charge on any atom is 0.323 e. The number of benzene rings is 3. The van der Waals surface area contributed by atoms with Gasteiger partial charge < -0.3 is 20.1 Å². The van der Waals surface area contributed by atoms with Crippen molar-refractivity contribution in [3.05, 3.63) is 107 Å². The van der Waals surface area contributed by atoms with E-state index in [9.17, 15) is 4.79 Å². The average molecular weight is 500 g/mol. The summed E-state index contributed by atoms with van der Waals surface area (Å²) in [7, 11) is 0. The molecular formula is C29H30FN5O2. The van der Waals surface area contributed by atoms with E-state index in [-0.39, 0.29) is 11.9 Å². The number of amides is 2. The number of aryl methyl sites for hydroxylation is 2. The van der Waals surface area contributed by atoms with Crippen LogP contribution in [0.3, 0.4) is 0 Å². The second kappa shape index (κ2) is 10.8. The summed E-state index contributed by atoms with van der Waals surface area (Å²) in [6, 6.07) is 25.5. The molecule has 190 valence electrons. The van der Waals surface area contributed by atoms with Crippen molar-refractivity contribution in [3.8, 4) is 0 Å². The number of aromatic nitrogens is 1. The van der Waals surface area contributed by atoms with Gasteiger partial charge in [-0.3, -0.25) is 4.90 Å². The summed E-state index contributed by atoms with van der Waals surface area (Å²) < 4.78 is 20.2. The van der Waals surface area contributed by atoms with E-state index >= 15 is 4.39 Å². The molecule has 0 unspecified atom stereocenters. The molecule has 8 heteroatoms. The molecule has 2 N–H and O–H groups in total. The molecule has 1 saturated heterocycles. The van der Waals surface area contributed by atoms with Crippen LogP contribution < -0.4 is 15.5 Å². The molecule has 5 rings (SSSR count). The van der Waals surface area contributed by atoms with Crippen molar-refractivity contribution in [2.45, 2.75) is 19.9 Å². The van der Waals surface area contributed by atoms with Crippen molar-refractivity contribution in [2.75, 3.05) is 41.7 Å². The molecule has 1 fully saturated rings. The van der Waals surface area contributed by atoms with Crippen molar-refractivity contribution in [3.63, 3.8) is 0 Å². The average Bonchev–Trinajstić information content (AvgIpc) is 3.23. The van der Waals surface area contributed by atoms with Crippen LogP contribution in [0.2, 0.25) is 0 Å². The molecule has 0 bridgehead atoms. The molecule has 7 nitrogen and oxygen atoms in total. The molecule has 2 amide bonds. The highest BCUT2D eigenvalue weighted by atomic mass is 19.1. The van der Waals surface area contributed by atoms with Crippen LogP contribution in [-0.4, -0.2) is 42.3 Å². The van der Waals surface area contributed by atoms with Gasteiger partial charge in [-0.25, -0.2) is 9.18 Å². The van der Waals surface area contributed by atoms with Crippen LogP contribution in [0, 0.1) is 19.7 Å². The fraction of sp³-hybridized carbons (Fsp3) is 0.241. The zero-order valence-electron chi connectivity index (χ0n) is 20.9. The Morgan fingerprint density at radius 1 is 0.892 bits per heavy atom. The summed E-state index contributed by atoms with van der Waals surface area (Å²) in [5.41, 5.74) is 4.49. The maximum absolute atomic E-state index is 15.1. The van der Waals surface area contributed by atoms with E-state index in [1.807, 2.05) is 12.1 Å². The number of nitrogens with one attached hydrogen (secondary N) is 2. The van der Waals surface area contributed by atoms with Gasteiger partial charge in [0.25, 0.3) is 0 Å². The summed E-state index contributed by atoms with van der Waals surface area (Å²) in [5, 5.41) is 9.20. The van der Waals surface area contributed by atoms with Gasteiger partial charge in [0.15, 0.2) is 5.76 Å². The molecule has 0 radical (unpaired) electrons. The first kappa shape index (κ1) is 24.5. The first-order valence-electron chi connectivity index (χ1n) is 12.4. The molecule has 1 aliphatic heterocycles. The standard InChI is InChI=1S/C29H30FN5O2/c1-20-27(21(2)37-33-20)32-29(36)31-24-13-14-26(25(30)19-24)34-15-17-35(18-16-34)28(22-9-5-3-6-10-22)23-11-7-4-8-12-23/h3-14,19,28H,15-18H2,1-2H3,(H2,31,32,36). The number of urea groups is 1. The molecule has 0 saturated carbocycles. The zero-order valence-corrected chi connectivity index (χ0v) is 20.9. The quantitative estimate of drug-likeness (QED) is 0.341.